The molecule has 0 bridgehead atoms. The van der Waals surface area contributed by atoms with Gasteiger partial charge in [-0.05, 0) is 25.5 Å². The molecule has 0 fully saturated rings. The number of carbonyl (C=O) groups excluding carboxylic acids is 3. The minimum Gasteiger partial charge on any atom is -0.469 e. The number of methoxy groups -OCH3 is 1. The topological polar surface area (TPSA) is 72.5 Å². The lowest BCUT2D eigenvalue weighted by atomic mass is 10.2. The van der Waals surface area contributed by atoms with E-state index in [1.807, 2.05) is 13.0 Å². The molecule has 0 unspecified atom stereocenters. The van der Waals surface area contributed by atoms with Gasteiger partial charge in [0.05, 0.1) is 18.5 Å². The summed E-state index contributed by atoms with van der Waals surface area (Å²) in [5.41, 5.74) is 0. The molecule has 0 saturated carbocycles. The van der Waals surface area contributed by atoms with Gasteiger partial charge in [0.15, 0.2) is 5.78 Å². The molecule has 0 saturated heterocycles. The smallest absolute Gasteiger partial charge is 0.305 e. The second-order valence-corrected chi connectivity index (χ2v) is 5.33. The van der Waals surface area contributed by atoms with Crippen molar-refractivity contribution in [3.8, 4) is 0 Å². The monoisotopic (exact) mass is 283 g/mol. The fraction of sp³-hybridized carbons (Fsp3) is 0.462. The molecular formula is C13H17NO4S. The average molecular weight is 283 g/mol. The van der Waals surface area contributed by atoms with Gasteiger partial charge in [-0.25, -0.2) is 0 Å². The maximum Gasteiger partial charge on any atom is 0.305 e. The van der Waals surface area contributed by atoms with Crippen LogP contribution in [0.2, 0.25) is 0 Å². The summed E-state index contributed by atoms with van der Waals surface area (Å²) in [6.07, 6.45) is 0.846. The van der Waals surface area contributed by atoms with Crippen molar-refractivity contribution in [2.24, 2.45) is 0 Å². The number of thiophene rings is 1. The van der Waals surface area contributed by atoms with E-state index in [0.29, 0.717) is 11.3 Å². The van der Waals surface area contributed by atoms with Crippen molar-refractivity contribution in [2.45, 2.75) is 26.2 Å². The van der Waals surface area contributed by atoms with Crippen molar-refractivity contribution in [1.29, 1.82) is 0 Å². The molecule has 0 atom stereocenters. The molecule has 0 spiro atoms. The van der Waals surface area contributed by atoms with Gasteiger partial charge in [0.1, 0.15) is 0 Å². The Kier molecular flexibility index (Phi) is 6.21. The molecule has 1 heterocycles. The molecule has 0 aliphatic heterocycles. The summed E-state index contributed by atoms with van der Waals surface area (Å²) < 4.78 is 4.47. The highest BCUT2D eigenvalue weighted by Gasteiger charge is 2.10. The largest absolute Gasteiger partial charge is 0.469 e. The van der Waals surface area contributed by atoms with Gasteiger partial charge in [0.25, 0.3) is 0 Å². The van der Waals surface area contributed by atoms with E-state index in [-0.39, 0.29) is 37.0 Å². The molecule has 0 aromatic carbocycles. The number of esters is 1. The van der Waals surface area contributed by atoms with Gasteiger partial charge in [-0.3, -0.25) is 14.4 Å². The van der Waals surface area contributed by atoms with Gasteiger partial charge in [0.2, 0.25) is 5.91 Å². The van der Waals surface area contributed by atoms with Crippen LogP contribution in [0.1, 0.15) is 33.8 Å². The zero-order chi connectivity index (χ0) is 14.3. The second-order valence-electron chi connectivity index (χ2n) is 4.04. The minimum atomic E-state index is -0.335. The maximum atomic E-state index is 11.7. The van der Waals surface area contributed by atoms with Gasteiger partial charge in [-0.2, -0.15) is 0 Å². The normalized spacial score (nSPS) is 10.0. The van der Waals surface area contributed by atoms with Gasteiger partial charge >= 0.3 is 5.97 Å². The summed E-state index contributed by atoms with van der Waals surface area (Å²) in [6, 6.07) is 3.63. The van der Waals surface area contributed by atoms with Crippen LogP contribution in [0, 0.1) is 6.92 Å². The highest BCUT2D eigenvalue weighted by Crippen LogP contribution is 2.15. The van der Waals surface area contributed by atoms with Crippen LogP contribution in [0.5, 0.6) is 0 Å². The number of hydrogen-bond acceptors (Lipinski definition) is 5. The van der Waals surface area contributed by atoms with E-state index in [9.17, 15) is 14.4 Å². The van der Waals surface area contributed by atoms with Crippen molar-refractivity contribution in [1.82, 2.24) is 5.32 Å². The molecule has 1 rings (SSSR count). The summed E-state index contributed by atoms with van der Waals surface area (Å²) in [7, 11) is 1.31. The van der Waals surface area contributed by atoms with Crippen molar-refractivity contribution in [2.75, 3.05) is 13.7 Å². The van der Waals surface area contributed by atoms with Crippen LogP contribution in [-0.4, -0.2) is 31.3 Å². The molecule has 0 aliphatic carbocycles. The second kappa shape index (κ2) is 7.68. The molecule has 1 N–H and O–H groups in total. The van der Waals surface area contributed by atoms with E-state index in [4.69, 9.17) is 0 Å². The number of aryl methyl sites for hydroxylation is 1. The first-order valence-electron chi connectivity index (χ1n) is 5.96. The van der Waals surface area contributed by atoms with E-state index in [1.54, 1.807) is 6.07 Å². The Hall–Kier alpha value is -1.69. The first kappa shape index (κ1) is 15.4. The zero-order valence-corrected chi connectivity index (χ0v) is 11.8. The fourth-order valence-electron chi connectivity index (χ4n) is 1.43. The summed E-state index contributed by atoms with van der Waals surface area (Å²) in [4.78, 5) is 35.7. The third-order valence-corrected chi connectivity index (χ3v) is 3.52. The Morgan fingerprint density at radius 3 is 2.58 bits per heavy atom. The zero-order valence-electron chi connectivity index (χ0n) is 11.0. The number of amides is 1. The summed E-state index contributed by atoms with van der Waals surface area (Å²) >= 11 is 1.41. The molecule has 1 aromatic rings. The van der Waals surface area contributed by atoms with E-state index >= 15 is 0 Å². The minimum absolute atomic E-state index is 0.00297. The SMILES string of the molecule is COC(=O)CCCC(=O)NCC(=O)c1ccc(C)s1. The van der Waals surface area contributed by atoms with E-state index in [2.05, 4.69) is 10.1 Å². The highest BCUT2D eigenvalue weighted by atomic mass is 32.1. The fourth-order valence-corrected chi connectivity index (χ4v) is 2.24. The lowest BCUT2D eigenvalue weighted by molar-refractivity contribution is -0.140. The average Bonchev–Trinajstić information content (AvgIpc) is 2.82. The lowest BCUT2D eigenvalue weighted by Crippen LogP contribution is -2.29. The molecule has 1 amide bonds. The van der Waals surface area contributed by atoms with Crippen LogP contribution in [-0.2, 0) is 14.3 Å². The van der Waals surface area contributed by atoms with Crippen LogP contribution >= 0.6 is 11.3 Å². The Bertz CT molecular complexity index is 467. The Labute approximate surface area is 116 Å². The molecule has 0 aliphatic rings. The maximum absolute atomic E-state index is 11.7. The van der Waals surface area contributed by atoms with Crippen molar-refractivity contribution in [3.63, 3.8) is 0 Å². The number of ether oxygens (including phenoxy) is 1. The van der Waals surface area contributed by atoms with Gasteiger partial charge in [-0.1, -0.05) is 0 Å². The van der Waals surface area contributed by atoms with Gasteiger partial charge in [-0.15, -0.1) is 11.3 Å². The molecule has 6 heteroatoms. The van der Waals surface area contributed by atoms with Crippen LogP contribution in [0.15, 0.2) is 12.1 Å². The van der Waals surface area contributed by atoms with Gasteiger partial charge < -0.3 is 10.1 Å². The molecule has 0 radical (unpaired) electrons. The number of rotatable bonds is 7. The first-order chi connectivity index (χ1) is 9.02. The first-order valence-corrected chi connectivity index (χ1v) is 6.77. The third-order valence-electron chi connectivity index (χ3n) is 2.47. The van der Waals surface area contributed by atoms with E-state index in [0.717, 1.165) is 4.88 Å². The van der Waals surface area contributed by atoms with Crippen LogP contribution in [0.4, 0.5) is 0 Å². The number of ketones is 1. The summed E-state index contributed by atoms with van der Waals surface area (Å²) in [5, 5.41) is 2.55. The van der Waals surface area contributed by atoms with Crippen LogP contribution in [0.25, 0.3) is 0 Å². The molecule has 1 aromatic heterocycles. The van der Waals surface area contributed by atoms with Gasteiger partial charge in [0, 0.05) is 17.7 Å². The number of Topliss-reactive ketones (excluding diaryl/α,β-unsaturated/α-hetero) is 1. The lowest BCUT2D eigenvalue weighted by Gasteiger charge is -2.03. The van der Waals surface area contributed by atoms with E-state index < -0.39 is 0 Å². The Balaban J connectivity index is 2.23. The Morgan fingerprint density at radius 2 is 2.00 bits per heavy atom. The number of hydrogen-bond donors (Lipinski definition) is 1. The molecule has 104 valence electrons. The number of carbonyl (C=O) groups is 3. The predicted octanol–water partition coefficient (Wildman–Crippen LogP) is 1.70. The summed E-state index contributed by atoms with van der Waals surface area (Å²) in [6.45, 7) is 1.92. The quantitative estimate of drug-likeness (QED) is 0.610. The van der Waals surface area contributed by atoms with E-state index in [1.165, 1.54) is 18.4 Å². The summed E-state index contributed by atoms with van der Waals surface area (Å²) in [5.74, 6) is -0.664. The third kappa shape index (κ3) is 5.65. The van der Waals surface area contributed by atoms with Crippen LogP contribution in [0.3, 0.4) is 0 Å². The molecule has 5 nitrogen and oxygen atoms in total. The molecular weight excluding hydrogens is 266 g/mol. The van der Waals surface area contributed by atoms with Crippen molar-refractivity contribution < 1.29 is 19.1 Å². The highest BCUT2D eigenvalue weighted by molar-refractivity contribution is 7.14. The Morgan fingerprint density at radius 1 is 1.26 bits per heavy atom. The predicted molar refractivity (Wildman–Crippen MR) is 72.3 cm³/mol. The standard InChI is InChI=1S/C13H17NO4S/c1-9-6-7-11(19-9)10(15)8-14-12(16)4-3-5-13(17)18-2/h6-7H,3-5,8H2,1-2H3,(H,14,16). The van der Waals surface area contributed by atoms with Crippen molar-refractivity contribution >= 4 is 29.0 Å². The number of nitrogens with one attached hydrogen (secondary N) is 1. The van der Waals surface area contributed by atoms with Crippen LogP contribution < -0.4 is 5.32 Å². The molecule has 19 heavy (non-hydrogen) atoms. The van der Waals surface area contributed by atoms with Crippen molar-refractivity contribution in [3.05, 3.63) is 21.9 Å².